The molecule has 34 heavy (non-hydrogen) atoms. The van der Waals surface area contributed by atoms with E-state index in [1.807, 2.05) is 24.3 Å². The average molecular weight is 463 g/mol. The van der Waals surface area contributed by atoms with Crippen LogP contribution in [0.4, 0.5) is 11.4 Å². The lowest BCUT2D eigenvalue weighted by Gasteiger charge is -2.23. The van der Waals surface area contributed by atoms with Gasteiger partial charge in [-0.1, -0.05) is 102 Å². The van der Waals surface area contributed by atoms with Crippen LogP contribution in [0, 0.1) is 0 Å². The van der Waals surface area contributed by atoms with Gasteiger partial charge in [0.1, 0.15) is 0 Å². The van der Waals surface area contributed by atoms with Gasteiger partial charge in [0.2, 0.25) is 0 Å². The highest BCUT2D eigenvalue weighted by Crippen LogP contribution is 2.35. The van der Waals surface area contributed by atoms with Gasteiger partial charge < -0.3 is 10.6 Å². The van der Waals surface area contributed by atoms with Crippen molar-refractivity contribution < 1.29 is 9.59 Å². The van der Waals surface area contributed by atoms with Gasteiger partial charge in [0.15, 0.2) is 11.6 Å². The molecule has 0 atom stereocenters. The summed E-state index contributed by atoms with van der Waals surface area (Å²) in [7, 11) is 0. The summed E-state index contributed by atoms with van der Waals surface area (Å²) >= 11 is 0. The van der Waals surface area contributed by atoms with Crippen LogP contribution in [0.3, 0.4) is 0 Å². The van der Waals surface area contributed by atoms with Crippen LogP contribution in [-0.4, -0.2) is 24.7 Å². The fourth-order valence-corrected chi connectivity index (χ4v) is 4.79. The first-order valence-corrected chi connectivity index (χ1v) is 13.5. The fraction of sp³-hybridized carbons (Fsp3) is 0.533. The third-order valence-electron chi connectivity index (χ3n) is 6.76. The van der Waals surface area contributed by atoms with Crippen molar-refractivity contribution in [1.82, 2.24) is 0 Å². The van der Waals surface area contributed by atoms with E-state index in [1.54, 1.807) is 12.1 Å². The highest BCUT2D eigenvalue weighted by atomic mass is 16.1. The van der Waals surface area contributed by atoms with Gasteiger partial charge in [-0.25, -0.2) is 0 Å². The molecule has 184 valence electrons. The smallest absolute Gasteiger partial charge is 0.198 e. The summed E-state index contributed by atoms with van der Waals surface area (Å²) in [4.78, 5) is 27.0. The van der Waals surface area contributed by atoms with E-state index in [0.29, 0.717) is 22.3 Å². The van der Waals surface area contributed by atoms with E-state index >= 15 is 0 Å². The van der Waals surface area contributed by atoms with Crippen LogP contribution >= 0.6 is 0 Å². The molecule has 0 spiro atoms. The van der Waals surface area contributed by atoms with Crippen molar-refractivity contribution >= 4 is 22.9 Å². The summed E-state index contributed by atoms with van der Waals surface area (Å²) in [5.41, 5.74) is 3.64. The van der Waals surface area contributed by atoms with E-state index in [2.05, 4.69) is 24.5 Å². The number of fused-ring (bicyclic) bond motifs is 2. The minimum atomic E-state index is -0.0592. The van der Waals surface area contributed by atoms with E-state index in [-0.39, 0.29) is 11.6 Å². The standard InChI is InChI=1S/C30H42N2O2/c1-3-5-7-9-11-13-21-31-25-19-15-17-23-27(25)30(34)28-24(29(23)33)18-16-20-26(28)32-22-14-12-10-8-6-4-2/h15-20,31-32H,3-14,21-22H2,1-2H3. The molecule has 2 aromatic carbocycles. The molecule has 4 heteroatoms. The molecule has 2 aromatic rings. The van der Waals surface area contributed by atoms with E-state index < -0.39 is 0 Å². The number of hydrogen-bond acceptors (Lipinski definition) is 4. The van der Waals surface area contributed by atoms with Crippen LogP contribution in [-0.2, 0) is 0 Å². The van der Waals surface area contributed by atoms with Gasteiger partial charge in [0, 0.05) is 35.6 Å². The Morgan fingerprint density at radius 1 is 0.529 bits per heavy atom. The lowest BCUT2D eigenvalue weighted by atomic mass is 9.82. The number of benzene rings is 2. The molecule has 0 fully saturated rings. The zero-order valence-corrected chi connectivity index (χ0v) is 21.2. The molecule has 0 bridgehead atoms. The largest absolute Gasteiger partial charge is 0.384 e. The van der Waals surface area contributed by atoms with Crippen molar-refractivity contribution in [2.45, 2.75) is 90.9 Å². The number of ketones is 2. The maximum Gasteiger partial charge on any atom is 0.198 e. The Morgan fingerprint density at radius 3 is 1.38 bits per heavy atom. The number of hydrogen-bond donors (Lipinski definition) is 2. The quantitative estimate of drug-likeness (QED) is 0.212. The van der Waals surface area contributed by atoms with Crippen molar-refractivity contribution in [2.75, 3.05) is 23.7 Å². The fourth-order valence-electron chi connectivity index (χ4n) is 4.79. The van der Waals surface area contributed by atoms with Gasteiger partial charge >= 0.3 is 0 Å². The number of nitrogens with one attached hydrogen (secondary N) is 2. The highest BCUT2D eigenvalue weighted by Gasteiger charge is 2.33. The van der Waals surface area contributed by atoms with Crippen LogP contribution < -0.4 is 10.6 Å². The average Bonchev–Trinajstić information content (AvgIpc) is 2.86. The number of unbranched alkanes of at least 4 members (excludes halogenated alkanes) is 10. The second kappa shape index (κ2) is 13.9. The Balaban J connectivity index is 1.67. The maximum atomic E-state index is 13.7. The van der Waals surface area contributed by atoms with E-state index in [4.69, 9.17) is 0 Å². The Bertz CT molecular complexity index is 877. The van der Waals surface area contributed by atoms with Gasteiger partial charge in [0.25, 0.3) is 0 Å². The molecular weight excluding hydrogens is 420 g/mol. The minimum Gasteiger partial charge on any atom is -0.384 e. The van der Waals surface area contributed by atoms with E-state index in [0.717, 1.165) is 37.3 Å². The second-order valence-corrected chi connectivity index (χ2v) is 9.50. The topological polar surface area (TPSA) is 58.2 Å². The van der Waals surface area contributed by atoms with Crippen molar-refractivity contribution in [3.8, 4) is 0 Å². The summed E-state index contributed by atoms with van der Waals surface area (Å²) in [5, 5.41) is 6.90. The number of anilines is 2. The first-order chi connectivity index (χ1) is 16.7. The predicted molar refractivity (Wildman–Crippen MR) is 143 cm³/mol. The predicted octanol–water partition coefficient (Wildman–Crippen LogP) is 8.01. The summed E-state index contributed by atoms with van der Waals surface area (Å²) in [6.45, 7) is 6.09. The summed E-state index contributed by atoms with van der Waals surface area (Å²) in [5.74, 6) is -0.113. The number of carbonyl (C=O) groups is 2. The van der Waals surface area contributed by atoms with Gasteiger partial charge in [-0.05, 0) is 25.0 Å². The van der Waals surface area contributed by atoms with Crippen LogP contribution in [0.25, 0.3) is 0 Å². The monoisotopic (exact) mass is 462 g/mol. The number of carbonyl (C=O) groups excluding carboxylic acids is 2. The molecule has 4 nitrogen and oxygen atoms in total. The summed E-state index contributed by atoms with van der Waals surface area (Å²) in [6, 6.07) is 11.2. The van der Waals surface area contributed by atoms with Gasteiger partial charge in [0.05, 0.1) is 11.1 Å². The molecule has 3 rings (SSSR count). The van der Waals surface area contributed by atoms with Gasteiger partial charge in [-0.2, -0.15) is 0 Å². The molecule has 0 saturated heterocycles. The first-order valence-electron chi connectivity index (χ1n) is 13.5. The number of rotatable bonds is 16. The molecule has 2 N–H and O–H groups in total. The van der Waals surface area contributed by atoms with Crippen LogP contribution in [0.15, 0.2) is 36.4 Å². The minimum absolute atomic E-state index is 0.0540. The lowest BCUT2D eigenvalue weighted by Crippen LogP contribution is -2.24. The van der Waals surface area contributed by atoms with Crippen molar-refractivity contribution in [2.24, 2.45) is 0 Å². The maximum absolute atomic E-state index is 13.7. The van der Waals surface area contributed by atoms with Crippen molar-refractivity contribution in [1.29, 1.82) is 0 Å². The SMILES string of the molecule is CCCCCCCCNc1cccc2c1C(=O)c1c(NCCCCCCCC)cccc1C2=O. The Hall–Kier alpha value is -2.62. The van der Waals surface area contributed by atoms with E-state index in [1.165, 1.54) is 64.2 Å². The van der Waals surface area contributed by atoms with Crippen LogP contribution in [0.5, 0.6) is 0 Å². The molecular formula is C30H42N2O2. The molecule has 0 heterocycles. The normalized spacial score (nSPS) is 12.4. The Morgan fingerprint density at radius 2 is 0.941 bits per heavy atom. The molecule has 1 aliphatic rings. The highest BCUT2D eigenvalue weighted by molar-refractivity contribution is 6.31. The van der Waals surface area contributed by atoms with Crippen LogP contribution in [0.2, 0.25) is 0 Å². The van der Waals surface area contributed by atoms with Crippen LogP contribution in [0.1, 0.15) is 123 Å². The summed E-state index contributed by atoms with van der Waals surface area (Å²) < 4.78 is 0. The second-order valence-electron chi connectivity index (χ2n) is 9.50. The zero-order chi connectivity index (χ0) is 24.2. The first kappa shape index (κ1) is 26.0. The Kier molecular flexibility index (Phi) is 10.7. The zero-order valence-electron chi connectivity index (χ0n) is 21.2. The molecule has 0 aliphatic heterocycles. The molecule has 1 aliphatic carbocycles. The molecule has 0 amide bonds. The summed E-state index contributed by atoms with van der Waals surface area (Å²) in [6.07, 6.45) is 14.7. The molecule has 0 radical (unpaired) electrons. The lowest BCUT2D eigenvalue weighted by molar-refractivity contribution is 0.0980. The van der Waals surface area contributed by atoms with Gasteiger partial charge in [-0.15, -0.1) is 0 Å². The Labute approximate surface area is 205 Å². The molecule has 0 aromatic heterocycles. The molecule has 0 unspecified atom stereocenters. The van der Waals surface area contributed by atoms with E-state index in [9.17, 15) is 9.59 Å². The molecule has 0 saturated carbocycles. The third kappa shape index (κ3) is 6.71. The van der Waals surface area contributed by atoms with Crippen molar-refractivity contribution in [3.05, 3.63) is 58.7 Å². The van der Waals surface area contributed by atoms with Crippen molar-refractivity contribution in [3.63, 3.8) is 0 Å². The third-order valence-corrected chi connectivity index (χ3v) is 6.76. The van der Waals surface area contributed by atoms with Gasteiger partial charge in [-0.3, -0.25) is 9.59 Å².